The standard InChI is InChI=1S/C26H18Cl2F3N3O4S/c27-18-9-11-22(23(28)14-18)24-12-10-20(38-24)15-32-33-25(35)16-34(39(36,37)21-7-2-1-3-8-21)19-6-4-5-17(13-19)26(29,30)31/h1-15H,16H2,(H,33,35)/b32-15-. The van der Waals surface area contributed by atoms with Crippen LogP contribution in [0.2, 0.25) is 10.0 Å². The van der Waals surface area contributed by atoms with E-state index in [-0.39, 0.29) is 16.3 Å². The summed E-state index contributed by atoms with van der Waals surface area (Å²) in [7, 11) is -4.41. The summed E-state index contributed by atoms with van der Waals surface area (Å²) in [6.07, 6.45) is -3.55. The van der Waals surface area contributed by atoms with Gasteiger partial charge >= 0.3 is 6.18 Å². The molecule has 0 bridgehead atoms. The topological polar surface area (TPSA) is 92.0 Å². The van der Waals surface area contributed by atoms with E-state index >= 15 is 0 Å². The first kappa shape index (κ1) is 28.2. The first-order valence-electron chi connectivity index (χ1n) is 11.1. The van der Waals surface area contributed by atoms with Gasteiger partial charge in [-0.3, -0.25) is 9.10 Å². The number of furan rings is 1. The van der Waals surface area contributed by atoms with Gasteiger partial charge in [0.05, 0.1) is 27.4 Å². The van der Waals surface area contributed by atoms with Gasteiger partial charge in [-0.15, -0.1) is 0 Å². The summed E-state index contributed by atoms with van der Waals surface area (Å²) in [5.74, 6) is -0.257. The number of hydrogen-bond acceptors (Lipinski definition) is 5. The lowest BCUT2D eigenvalue weighted by molar-refractivity contribution is -0.137. The lowest BCUT2D eigenvalue weighted by Gasteiger charge is -2.24. The molecule has 0 saturated heterocycles. The number of benzene rings is 3. The lowest BCUT2D eigenvalue weighted by Crippen LogP contribution is -2.39. The predicted molar refractivity (Wildman–Crippen MR) is 142 cm³/mol. The van der Waals surface area contributed by atoms with Crippen LogP contribution in [-0.2, 0) is 21.0 Å². The Morgan fingerprint density at radius 1 is 0.974 bits per heavy atom. The number of nitrogens with one attached hydrogen (secondary N) is 1. The number of nitrogens with zero attached hydrogens (tertiary/aromatic N) is 2. The fraction of sp³-hybridized carbons (Fsp3) is 0.0769. The fourth-order valence-electron chi connectivity index (χ4n) is 3.46. The van der Waals surface area contributed by atoms with E-state index in [4.69, 9.17) is 27.6 Å². The molecule has 0 fully saturated rings. The third-order valence-corrected chi connectivity index (χ3v) is 7.62. The molecule has 7 nitrogen and oxygen atoms in total. The van der Waals surface area contributed by atoms with Crippen molar-refractivity contribution in [2.24, 2.45) is 5.10 Å². The largest absolute Gasteiger partial charge is 0.455 e. The van der Waals surface area contributed by atoms with Crippen LogP contribution in [0.4, 0.5) is 18.9 Å². The Morgan fingerprint density at radius 2 is 1.72 bits per heavy atom. The molecule has 4 rings (SSSR count). The molecule has 1 aromatic heterocycles. The second-order valence-electron chi connectivity index (χ2n) is 7.99. The number of hydrogen-bond donors (Lipinski definition) is 1. The van der Waals surface area contributed by atoms with Gasteiger partial charge in [0.15, 0.2) is 0 Å². The predicted octanol–water partition coefficient (Wildman–Crippen LogP) is 6.62. The molecule has 39 heavy (non-hydrogen) atoms. The van der Waals surface area contributed by atoms with E-state index < -0.39 is 34.2 Å². The zero-order chi connectivity index (χ0) is 28.2. The molecule has 3 aromatic carbocycles. The van der Waals surface area contributed by atoms with E-state index in [1.54, 1.807) is 36.4 Å². The van der Waals surface area contributed by atoms with Crippen molar-refractivity contribution in [1.29, 1.82) is 0 Å². The summed E-state index contributed by atoms with van der Waals surface area (Å²) in [6, 6.07) is 18.8. The molecule has 0 atom stereocenters. The number of halogens is 5. The Labute approximate surface area is 231 Å². The van der Waals surface area contributed by atoms with Crippen molar-refractivity contribution in [3.05, 3.63) is 106 Å². The minimum atomic E-state index is -4.72. The molecule has 0 saturated carbocycles. The number of carbonyl (C=O) groups excluding carboxylic acids is 1. The number of anilines is 1. The number of rotatable bonds is 8. The summed E-state index contributed by atoms with van der Waals surface area (Å²) in [4.78, 5) is 12.5. The van der Waals surface area contributed by atoms with Crippen LogP contribution in [0.1, 0.15) is 11.3 Å². The molecule has 202 valence electrons. The molecule has 13 heteroatoms. The second kappa shape index (κ2) is 11.5. The highest BCUT2D eigenvalue weighted by Gasteiger charge is 2.33. The van der Waals surface area contributed by atoms with E-state index in [9.17, 15) is 26.4 Å². The van der Waals surface area contributed by atoms with Crippen LogP contribution in [0.25, 0.3) is 11.3 Å². The van der Waals surface area contributed by atoms with Gasteiger partial charge in [0.1, 0.15) is 18.1 Å². The molecule has 0 aliphatic rings. The zero-order valence-corrected chi connectivity index (χ0v) is 22.0. The SMILES string of the molecule is O=C(CN(c1cccc(C(F)(F)F)c1)S(=O)(=O)c1ccccc1)N/N=C\c1ccc(-c2ccc(Cl)cc2Cl)o1. The Bertz CT molecular complexity index is 1620. The van der Waals surface area contributed by atoms with Crippen LogP contribution >= 0.6 is 23.2 Å². The molecule has 0 aliphatic heterocycles. The third kappa shape index (κ3) is 6.80. The van der Waals surface area contributed by atoms with Crippen molar-refractivity contribution in [2.75, 3.05) is 10.8 Å². The quantitative estimate of drug-likeness (QED) is 0.183. The van der Waals surface area contributed by atoms with Crippen LogP contribution in [0.15, 0.2) is 99.3 Å². The van der Waals surface area contributed by atoms with E-state index in [2.05, 4.69) is 10.5 Å². The highest BCUT2D eigenvalue weighted by Crippen LogP contribution is 2.33. The van der Waals surface area contributed by atoms with Gasteiger partial charge in [0.25, 0.3) is 15.9 Å². The van der Waals surface area contributed by atoms with E-state index in [1.807, 2.05) is 0 Å². The molecule has 0 radical (unpaired) electrons. The minimum absolute atomic E-state index is 0.206. The lowest BCUT2D eigenvalue weighted by atomic mass is 10.2. The van der Waals surface area contributed by atoms with Crippen LogP contribution in [0.3, 0.4) is 0 Å². The first-order chi connectivity index (χ1) is 18.4. The van der Waals surface area contributed by atoms with Crippen LogP contribution in [0, 0.1) is 0 Å². The molecular formula is C26H18Cl2F3N3O4S. The minimum Gasteiger partial charge on any atom is -0.455 e. The van der Waals surface area contributed by atoms with Crippen molar-refractivity contribution in [2.45, 2.75) is 11.1 Å². The van der Waals surface area contributed by atoms with E-state index in [0.717, 1.165) is 12.1 Å². The van der Waals surface area contributed by atoms with Crippen LogP contribution < -0.4 is 9.73 Å². The van der Waals surface area contributed by atoms with Crippen molar-refractivity contribution in [3.8, 4) is 11.3 Å². The van der Waals surface area contributed by atoms with Crippen LogP contribution in [-0.4, -0.2) is 27.1 Å². The Balaban J connectivity index is 1.54. The number of hydrazone groups is 1. The maximum absolute atomic E-state index is 13.3. The van der Waals surface area contributed by atoms with E-state index in [0.29, 0.717) is 31.7 Å². The zero-order valence-electron chi connectivity index (χ0n) is 19.7. The highest BCUT2D eigenvalue weighted by atomic mass is 35.5. The average Bonchev–Trinajstić information content (AvgIpc) is 3.36. The van der Waals surface area contributed by atoms with Gasteiger partial charge in [-0.05, 0) is 60.7 Å². The monoisotopic (exact) mass is 595 g/mol. The Morgan fingerprint density at radius 3 is 2.41 bits per heavy atom. The maximum Gasteiger partial charge on any atom is 0.416 e. The summed E-state index contributed by atoms with van der Waals surface area (Å²) in [6.45, 7) is -0.848. The average molecular weight is 596 g/mol. The summed E-state index contributed by atoms with van der Waals surface area (Å²) in [5.41, 5.74) is 1.33. The number of sulfonamides is 1. The smallest absolute Gasteiger partial charge is 0.416 e. The molecule has 0 unspecified atom stereocenters. The molecule has 4 aromatic rings. The van der Waals surface area contributed by atoms with E-state index in [1.165, 1.54) is 36.5 Å². The fourth-order valence-corrected chi connectivity index (χ4v) is 5.40. The number of alkyl halides is 3. The number of carbonyl (C=O) groups is 1. The molecule has 0 spiro atoms. The van der Waals surface area contributed by atoms with Gasteiger partial charge < -0.3 is 4.42 Å². The van der Waals surface area contributed by atoms with Crippen molar-refractivity contribution < 1.29 is 30.8 Å². The third-order valence-electron chi connectivity index (χ3n) is 5.28. The molecule has 0 aliphatic carbocycles. The van der Waals surface area contributed by atoms with Gasteiger partial charge in [0.2, 0.25) is 0 Å². The summed E-state index contributed by atoms with van der Waals surface area (Å²) in [5, 5.41) is 4.59. The highest BCUT2D eigenvalue weighted by molar-refractivity contribution is 7.92. The summed E-state index contributed by atoms with van der Waals surface area (Å²) >= 11 is 12.1. The Kier molecular flexibility index (Phi) is 8.34. The number of amides is 1. The normalized spacial score (nSPS) is 12.0. The van der Waals surface area contributed by atoms with Gasteiger partial charge in [0, 0.05) is 10.6 Å². The van der Waals surface area contributed by atoms with Gasteiger partial charge in [-0.1, -0.05) is 47.5 Å². The summed E-state index contributed by atoms with van der Waals surface area (Å²) < 4.78 is 72.7. The molecular weight excluding hydrogens is 578 g/mol. The van der Waals surface area contributed by atoms with Crippen LogP contribution in [0.5, 0.6) is 0 Å². The van der Waals surface area contributed by atoms with Crippen molar-refractivity contribution >= 4 is 51.0 Å². The van der Waals surface area contributed by atoms with Gasteiger partial charge in [-0.25, -0.2) is 13.8 Å². The second-order valence-corrected chi connectivity index (χ2v) is 10.7. The molecule has 1 N–H and O–H groups in total. The first-order valence-corrected chi connectivity index (χ1v) is 13.3. The van der Waals surface area contributed by atoms with Crippen molar-refractivity contribution in [1.82, 2.24) is 5.43 Å². The molecule has 1 amide bonds. The van der Waals surface area contributed by atoms with Crippen molar-refractivity contribution in [3.63, 3.8) is 0 Å². The molecule has 1 heterocycles. The maximum atomic E-state index is 13.3. The Hall–Kier alpha value is -3.80. The van der Waals surface area contributed by atoms with Gasteiger partial charge in [-0.2, -0.15) is 18.3 Å².